The molecule has 0 unspecified atom stereocenters. The van der Waals surface area contributed by atoms with Crippen LogP contribution in [0.15, 0.2) is 18.2 Å². The van der Waals surface area contributed by atoms with E-state index in [-0.39, 0.29) is 18.4 Å². The molecule has 6 heteroatoms. The third kappa shape index (κ3) is 5.15. The summed E-state index contributed by atoms with van der Waals surface area (Å²) in [7, 11) is 0. The number of amides is 2. The number of rotatable bonds is 2. The molecule has 0 spiro atoms. The van der Waals surface area contributed by atoms with Crippen LogP contribution in [0.1, 0.15) is 38.7 Å². The number of para-hydroxylation sites is 1. The smallest absolute Gasteiger partial charge is 0.239 e. The Labute approximate surface area is 143 Å². The summed E-state index contributed by atoms with van der Waals surface area (Å²) in [4.78, 5) is 25.5. The SMILES string of the molecule is CCOc1cccc2c1OCCCCCNC(=O)CN(C(C)=O)C2. The number of fused-ring (bicyclic) bond motifs is 1. The summed E-state index contributed by atoms with van der Waals surface area (Å²) < 4.78 is 11.6. The van der Waals surface area contributed by atoms with E-state index in [9.17, 15) is 9.59 Å². The summed E-state index contributed by atoms with van der Waals surface area (Å²) in [5.41, 5.74) is 0.850. The van der Waals surface area contributed by atoms with E-state index in [1.807, 2.05) is 25.1 Å². The van der Waals surface area contributed by atoms with Gasteiger partial charge in [-0.1, -0.05) is 12.1 Å². The van der Waals surface area contributed by atoms with Gasteiger partial charge in [-0.15, -0.1) is 0 Å². The van der Waals surface area contributed by atoms with Crippen molar-refractivity contribution in [2.24, 2.45) is 0 Å². The molecule has 2 amide bonds. The van der Waals surface area contributed by atoms with Crippen molar-refractivity contribution in [2.45, 2.75) is 39.7 Å². The van der Waals surface area contributed by atoms with Gasteiger partial charge in [0.25, 0.3) is 0 Å². The first-order chi connectivity index (χ1) is 11.6. The minimum atomic E-state index is -0.146. The molecule has 1 aliphatic rings. The number of nitrogens with one attached hydrogen (secondary N) is 1. The van der Waals surface area contributed by atoms with Crippen LogP contribution in [0.2, 0.25) is 0 Å². The van der Waals surface area contributed by atoms with Crippen molar-refractivity contribution in [3.63, 3.8) is 0 Å². The highest BCUT2D eigenvalue weighted by atomic mass is 16.5. The van der Waals surface area contributed by atoms with Crippen molar-refractivity contribution in [1.29, 1.82) is 0 Å². The minimum absolute atomic E-state index is 0.0492. The van der Waals surface area contributed by atoms with Gasteiger partial charge in [0.05, 0.1) is 19.8 Å². The maximum absolute atomic E-state index is 12.0. The maximum atomic E-state index is 12.0. The van der Waals surface area contributed by atoms with Gasteiger partial charge in [0.15, 0.2) is 11.5 Å². The number of ether oxygens (including phenoxy) is 2. The van der Waals surface area contributed by atoms with Gasteiger partial charge in [-0.3, -0.25) is 9.59 Å². The van der Waals surface area contributed by atoms with Crippen molar-refractivity contribution in [3.05, 3.63) is 23.8 Å². The molecule has 1 aromatic carbocycles. The lowest BCUT2D eigenvalue weighted by Gasteiger charge is -2.23. The molecular weight excluding hydrogens is 308 g/mol. The van der Waals surface area contributed by atoms with E-state index in [1.54, 1.807) is 0 Å². The lowest BCUT2D eigenvalue weighted by molar-refractivity contribution is -0.134. The number of hydrogen-bond donors (Lipinski definition) is 1. The molecule has 0 aromatic heterocycles. The highest BCUT2D eigenvalue weighted by molar-refractivity contribution is 5.83. The summed E-state index contributed by atoms with van der Waals surface area (Å²) in [5.74, 6) is 1.07. The van der Waals surface area contributed by atoms with Crippen LogP contribution in [0.3, 0.4) is 0 Å². The number of nitrogens with zero attached hydrogens (tertiary/aromatic N) is 1. The van der Waals surface area contributed by atoms with E-state index in [2.05, 4.69) is 5.32 Å². The summed E-state index contributed by atoms with van der Waals surface area (Å²) >= 11 is 0. The second kappa shape index (κ2) is 9.15. The summed E-state index contributed by atoms with van der Waals surface area (Å²) in [6.45, 7) is 5.52. The van der Waals surface area contributed by atoms with E-state index in [4.69, 9.17) is 9.47 Å². The van der Waals surface area contributed by atoms with Gasteiger partial charge in [0, 0.05) is 25.6 Å². The molecule has 132 valence electrons. The van der Waals surface area contributed by atoms with Crippen molar-refractivity contribution >= 4 is 11.8 Å². The van der Waals surface area contributed by atoms with Gasteiger partial charge in [-0.05, 0) is 32.3 Å². The molecule has 24 heavy (non-hydrogen) atoms. The lowest BCUT2D eigenvalue weighted by atomic mass is 10.1. The van der Waals surface area contributed by atoms with Gasteiger partial charge in [-0.25, -0.2) is 0 Å². The van der Waals surface area contributed by atoms with Gasteiger partial charge >= 0.3 is 0 Å². The average molecular weight is 334 g/mol. The van der Waals surface area contributed by atoms with Crippen LogP contribution in [-0.4, -0.2) is 43.0 Å². The molecule has 1 aromatic rings. The number of benzene rings is 1. The highest BCUT2D eigenvalue weighted by Gasteiger charge is 2.19. The standard InChI is InChI=1S/C18H26N2O4/c1-3-23-16-9-7-8-15-12-20(14(2)21)13-17(22)19-10-5-4-6-11-24-18(15)16/h7-9H,3-6,10-13H2,1-2H3,(H,19,22). The van der Waals surface area contributed by atoms with Crippen LogP contribution in [-0.2, 0) is 16.1 Å². The van der Waals surface area contributed by atoms with Gasteiger partial charge in [-0.2, -0.15) is 0 Å². The predicted molar refractivity (Wildman–Crippen MR) is 91.1 cm³/mol. The van der Waals surface area contributed by atoms with Crippen LogP contribution in [0, 0.1) is 0 Å². The number of hydrogen-bond acceptors (Lipinski definition) is 4. The Hall–Kier alpha value is -2.24. The highest BCUT2D eigenvalue weighted by Crippen LogP contribution is 2.32. The Morgan fingerprint density at radius 1 is 1.29 bits per heavy atom. The van der Waals surface area contributed by atoms with Gasteiger partial charge in [0.2, 0.25) is 11.8 Å². The summed E-state index contributed by atoms with van der Waals surface area (Å²) in [5, 5.41) is 2.86. The topological polar surface area (TPSA) is 67.9 Å². The monoisotopic (exact) mass is 334 g/mol. The zero-order valence-electron chi connectivity index (χ0n) is 14.5. The van der Waals surface area contributed by atoms with Crippen LogP contribution in [0.5, 0.6) is 11.5 Å². The minimum Gasteiger partial charge on any atom is -0.490 e. The Balaban J connectivity index is 2.30. The molecule has 1 heterocycles. The summed E-state index contributed by atoms with van der Waals surface area (Å²) in [6, 6.07) is 5.65. The van der Waals surface area contributed by atoms with Crippen molar-refractivity contribution in [3.8, 4) is 11.5 Å². The second-order valence-electron chi connectivity index (χ2n) is 5.81. The van der Waals surface area contributed by atoms with Crippen molar-refractivity contribution < 1.29 is 19.1 Å². The largest absolute Gasteiger partial charge is 0.490 e. The molecule has 1 N–H and O–H groups in total. The fourth-order valence-electron chi connectivity index (χ4n) is 2.64. The van der Waals surface area contributed by atoms with E-state index in [0.717, 1.165) is 24.8 Å². The normalized spacial score (nSPS) is 16.6. The maximum Gasteiger partial charge on any atom is 0.239 e. The van der Waals surface area contributed by atoms with Crippen molar-refractivity contribution in [1.82, 2.24) is 10.2 Å². The third-order valence-corrected chi connectivity index (χ3v) is 3.89. The Bertz CT molecular complexity index is 574. The van der Waals surface area contributed by atoms with Crippen molar-refractivity contribution in [2.75, 3.05) is 26.3 Å². The quantitative estimate of drug-likeness (QED) is 0.899. The van der Waals surface area contributed by atoms with Crippen LogP contribution < -0.4 is 14.8 Å². The fourth-order valence-corrected chi connectivity index (χ4v) is 2.64. The molecule has 0 radical (unpaired) electrons. The zero-order valence-corrected chi connectivity index (χ0v) is 14.5. The van der Waals surface area contributed by atoms with Crippen LogP contribution in [0.4, 0.5) is 0 Å². The van der Waals surface area contributed by atoms with E-state index >= 15 is 0 Å². The molecule has 0 saturated carbocycles. The second-order valence-corrected chi connectivity index (χ2v) is 5.81. The van der Waals surface area contributed by atoms with E-state index in [1.165, 1.54) is 11.8 Å². The van der Waals surface area contributed by atoms with E-state index < -0.39 is 0 Å². The number of carbonyl (C=O) groups is 2. The third-order valence-electron chi connectivity index (χ3n) is 3.89. The molecule has 6 nitrogen and oxygen atoms in total. The van der Waals surface area contributed by atoms with Gasteiger partial charge < -0.3 is 19.7 Å². The van der Waals surface area contributed by atoms with Gasteiger partial charge in [0.1, 0.15) is 0 Å². The predicted octanol–water partition coefficient (Wildman–Crippen LogP) is 2.11. The Kier molecular flexibility index (Phi) is 6.90. The first-order valence-electron chi connectivity index (χ1n) is 8.51. The zero-order chi connectivity index (χ0) is 17.4. The average Bonchev–Trinajstić information content (AvgIpc) is 2.56. The fraction of sp³-hybridized carbons (Fsp3) is 0.556. The van der Waals surface area contributed by atoms with Crippen LogP contribution >= 0.6 is 0 Å². The molecule has 1 aliphatic heterocycles. The van der Waals surface area contributed by atoms with Crippen LogP contribution in [0.25, 0.3) is 0 Å². The molecule has 2 rings (SSSR count). The first-order valence-corrected chi connectivity index (χ1v) is 8.51. The Morgan fingerprint density at radius 2 is 2.12 bits per heavy atom. The molecule has 0 bridgehead atoms. The van der Waals surface area contributed by atoms with E-state index in [0.29, 0.717) is 37.8 Å². The molecular formula is C18H26N2O4. The first kappa shape index (κ1) is 18.1. The Morgan fingerprint density at radius 3 is 2.88 bits per heavy atom. The summed E-state index contributed by atoms with van der Waals surface area (Å²) in [6.07, 6.45) is 2.78. The molecule has 0 fully saturated rings. The molecule has 0 saturated heterocycles. The number of carbonyl (C=O) groups excluding carboxylic acids is 2. The molecule has 0 aliphatic carbocycles. The lowest BCUT2D eigenvalue weighted by Crippen LogP contribution is -2.39. The molecule has 0 atom stereocenters.